The first-order chi connectivity index (χ1) is 17.6. The number of rotatable bonds is 7. The van der Waals surface area contributed by atoms with Crippen LogP contribution in [-0.2, 0) is 17.1 Å². The molecular formula is C25H24ClN5O5S. The van der Waals surface area contributed by atoms with Crippen molar-refractivity contribution < 1.29 is 17.9 Å². The number of aromatic nitrogens is 3. The van der Waals surface area contributed by atoms with Crippen LogP contribution in [0.25, 0.3) is 5.69 Å². The topological polar surface area (TPSA) is 116 Å². The third-order valence-electron chi connectivity index (χ3n) is 5.87. The average Bonchev–Trinajstić information content (AvgIpc) is 3.11. The molecule has 2 aromatic carbocycles. The molecule has 2 heterocycles. The van der Waals surface area contributed by atoms with E-state index in [0.717, 1.165) is 4.31 Å². The summed E-state index contributed by atoms with van der Waals surface area (Å²) in [6, 6.07) is 16.0. The summed E-state index contributed by atoms with van der Waals surface area (Å²) >= 11 is 6.27. The third-order valence-corrected chi connectivity index (χ3v) is 8.11. The zero-order valence-corrected chi connectivity index (χ0v) is 22.0. The number of hydrogen-bond donors (Lipinski definition) is 1. The molecule has 0 saturated heterocycles. The second kappa shape index (κ2) is 10.1. The number of ether oxygens (including phenoxy) is 1. The predicted octanol–water partition coefficient (Wildman–Crippen LogP) is 3.62. The molecule has 192 valence electrons. The highest BCUT2D eigenvalue weighted by Gasteiger charge is 2.31. The number of nitrogens with zero attached hydrogens (tertiary/aromatic N) is 4. The van der Waals surface area contributed by atoms with Crippen LogP contribution in [0, 0.1) is 6.92 Å². The van der Waals surface area contributed by atoms with E-state index in [2.05, 4.69) is 10.3 Å². The highest BCUT2D eigenvalue weighted by atomic mass is 35.5. The molecule has 10 nitrogen and oxygen atoms in total. The van der Waals surface area contributed by atoms with Gasteiger partial charge in [-0.05, 0) is 43.3 Å². The van der Waals surface area contributed by atoms with Gasteiger partial charge in [-0.2, -0.15) is 0 Å². The number of nitrogens with one attached hydrogen (secondary N) is 1. The molecule has 0 atom stereocenters. The first-order valence-electron chi connectivity index (χ1n) is 11.0. The fourth-order valence-corrected chi connectivity index (χ4v) is 5.55. The Morgan fingerprint density at radius 1 is 1.11 bits per heavy atom. The quantitative estimate of drug-likeness (QED) is 0.382. The summed E-state index contributed by atoms with van der Waals surface area (Å²) < 4.78 is 36.1. The van der Waals surface area contributed by atoms with Gasteiger partial charge in [0.1, 0.15) is 10.6 Å². The van der Waals surface area contributed by atoms with Crippen molar-refractivity contribution in [2.24, 2.45) is 7.05 Å². The van der Waals surface area contributed by atoms with Crippen molar-refractivity contribution >= 4 is 38.9 Å². The van der Waals surface area contributed by atoms with Crippen molar-refractivity contribution in [3.63, 3.8) is 0 Å². The van der Waals surface area contributed by atoms with E-state index in [1.807, 2.05) is 6.07 Å². The average molecular weight is 542 g/mol. The van der Waals surface area contributed by atoms with E-state index in [-0.39, 0.29) is 21.2 Å². The second-order valence-electron chi connectivity index (χ2n) is 8.07. The van der Waals surface area contributed by atoms with Crippen molar-refractivity contribution in [3.8, 4) is 11.6 Å². The number of amides is 1. The molecular weight excluding hydrogens is 518 g/mol. The standard InChI is InChI=1S/C25H24ClN5O5S/c1-16-23(25(33)31(29(16)2)19-8-6-5-7-9-19)30(3)37(34,35)21-14-17(10-12-20(21)26)24(32)28-18-11-13-22(36-4)27-15-18/h5-15H,1-4H3,(H,28,32). The van der Waals surface area contributed by atoms with Gasteiger partial charge in [0.15, 0.2) is 0 Å². The molecule has 4 rings (SSSR count). The predicted molar refractivity (Wildman–Crippen MR) is 142 cm³/mol. The van der Waals surface area contributed by atoms with Gasteiger partial charge in [0, 0.05) is 25.7 Å². The maximum absolute atomic E-state index is 13.6. The minimum absolute atomic E-state index is 0.0402. The van der Waals surface area contributed by atoms with E-state index in [1.165, 1.54) is 43.2 Å². The van der Waals surface area contributed by atoms with Crippen LogP contribution in [0.2, 0.25) is 5.02 Å². The lowest BCUT2D eigenvalue weighted by Gasteiger charge is -2.19. The molecule has 2 aromatic heterocycles. The minimum atomic E-state index is -4.33. The fourth-order valence-electron chi connectivity index (χ4n) is 3.80. The molecule has 0 bridgehead atoms. The largest absolute Gasteiger partial charge is 0.481 e. The van der Waals surface area contributed by atoms with E-state index in [0.29, 0.717) is 22.9 Å². The van der Waals surface area contributed by atoms with E-state index in [1.54, 1.807) is 55.1 Å². The van der Waals surface area contributed by atoms with Crippen molar-refractivity contribution in [1.29, 1.82) is 0 Å². The minimum Gasteiger partial charge on any atom is -0.481 e. The molecule has 0 aliphatic rings. The Hall–Kier alpha value is -4.09. The number of benzene rings is 2. The van der Waals surface area contributed by atoms with Gasteiger partial charge in [0.25, 0.3) is 21.5 Å². The molecule has 4 aromatic rings. The van der Waals surface area contributed by atoms with Crippen LogP contribution in [0.1, 0.15) is 16.1 Å². The number of hydrogen-bond acceptors (Lipinski definition) is 6. The highest BCUT2D eigenvalue weighted by molar-refractivity contribution is 7.93. The summed E-state index contributed by atoms with van der Waals surface area (Å²) in [6.07, 6.45) is 1.41. The third kappa shape index (κ3) is 4.83. The first kappa shape index (κ1) is 26.0. The number of pyridine rings is 1. The molecule has 0 spiro atoms. The van der Waals surface area contributed by atoms with Gasteiger partial charge in [-0.1, -0.05) is 29.8 Å². The second-order valence-corrected chi connectivity index (χ2v) is 10.4. The molecule has 0 radical (unpaired) electrons. The number of carbonyl (C=O) groups excluding carboxylic acids is 1. The maximum Gasteiger partial charge on any atom is 0.296 e. The van der Waals surface area contributed by atoms with Crippen LogP contribution in [0.3, 0.4) is 0 Å². The number of sulfonamides is 1. The summed E-state index contributed by atoms with van der Waals surface area (Å²) in [6.45, 7) is 1.65. The maximum atomic E-state index is 13.6. The first-order valence-corrected chi connectivity index (χ1v) is 12.8. The Morgan fingerprint density at radius 3 is 2.43 bits per heavy atom. The lowest BCUT2D eigenvalue weighted by molar-refractivity contribution is 0.102. The summed E-state index contributed by atoms with van der Waals surface area (Å²) in [5, 5.41) is 2.56. The zero-order valence-electron chi connectivity index (χ0n) is 20.5. The van der Waals surface area contributed by atoms with Gasteiger partial charge in [0.05, 0.1) is 35.4 Å². The van der Waals surface area contributed by atoms with Crippen LogP contribution in [0.15, 0.2) is 76.6 Å². The smallest absolute Gasteiger partial charge is 0.296 e. The molecule has 0 aliphatic heterocycles. The molecule has 0 saturated carbocycles. The van der Waals surface area contributed by atoms with E-state index < -0.39 is 21.5 Å². The van der Waals surface area contributed by atoms with Gasteiger partial charge in [-0.25, -0.2) is 18.1 Å². The van der Waals surface area contributed by atoms with Crippen molar-refractivity contribution in [2.75, 3.05) is 23.8 Å². The van der Waals surface area contributed by atoms with Crippen LogP contribution >= 0.6 is 11.6 Å². The highest BCUT2D eigenvalue weighted by Crippen LogP contribution is 2.29. The van der Waals surface area contributed by atoms with Crippen molar-refractivity contribution in [3.05, 3.63) is 93.5 Å². The Bertz CT molecular complexity index is 1630. The van der Waals surface area contributed by atoms with Crippen LogP contribution in [-0.4, -0.2) is 42.8 Å². The number of anilines is 2. The van der Waals surface area contributed by atoms with Gasteiger partial charge in [-0.3, -0.25) is 18.6 Å². The van der Waals surface area contributed by atoms with Gasteiger partial charge in [-0.15, -0.1) is 0 Å². The molecule has 1 amide bonds. The van der Waals surface area contributed by atoms with Crippen molar-refractivity contribution in [2.45, 2.75) is 11.8 Å². The molecule has 0 unspecified atom stereocenters. The normalized spacial score (nSPS) is 11.3. The van der Waals surface area contributed by atoms with Crippen LogP contribution in [0.5, 0.6) is 5.88 Å². The molecule has 37 heavy (non-hydrogen) atoms. The van der Waals surface area contributed by atoms with Gasteiger partial charge < -0.3 is 10.1 Å². The summed E-state index contributed by atoms with van der Waals surface area (Å²) in [5.41, 5.74) is 0.898. The summed E-state index contributed by atoms with van der Waals surface area (Å²) in [7, 11) is 0.0926. The molecule has 0 fully saturated rings. The number of carbonyl (C=O) groups is 1. The molecule has 1 N–H and O–H groups in total. The fraction of sp³-hybridized carbons (Fsp3) is 0.160. The lowest BCUT2D eigenvalue weighted by Crippen LogP contribution is -2.32. The van der Waals surface area contributed by atoms with E-state index in [4.69, 9.17) is 16.3 Å². The molecule has 0 aliphatic carbocycles. The lowest BCUT2D eigenvalue weighted by atomic mass is 10.2. The Kier molecular flexibility index (Phi) is 7.10. The van der Waals surface area contributed by atoms with Gasteiger partial charge >= 0.3 is 0 Å². The summed E-state index contributed by atoms with van der Waals surface area (Å²) in [4.78, 5) is 29.9. The number of methoxy groups -OCH3 is 1. The van der Waals surface area contributed by atoms with Crippen molar-refractivity contribution in [1.82, 2.24) is 14.3 Å². The zero-order chi connectivity index (χ0) is 26.9. The number of halogens is 1. The Morgan fingerprint density at radius 2 is 1.81 bits per heavy atom. The number of para-hydroxylation sites is 1. The van der Waals surface area contributed by atoms with Crippen LogP contribution in [0.4, 0.5) is 11.4 Å². The van der Waals surface area contributed by atoms with Gasteiger partial charge in [0.2, 0.25) is 5.88 Å². The SMILES string of the molecule is COc1ccc(NC(=O)c2ccc(Cl)c(S(=O)(=O)N(C)c3c(C)n(C)n(-c4ccccc4)c3=O)c2)cn1. The van der Waals surface area contributed by atoms with E-state index in [9.17, 15) is 18.0 Å². The monoisotopic (exact) mass is 541 g/mol. The Labute approximate surface area is 218 Å². The van der Waals surface area contributed by atoms with Crippen LogP contribution < -0.4 is 19.9 Å². The van der Waals surface area contributed by atoms with E-state index >= 15 is 0 Å². The Balaban J connectivity index is 1.71. The molecule has 12 heteroatoms. The summed E-state index contributed by atoms with van der Waals surface area (Å²) in [5.74, 6) is -0.187.